The van der Waals surface area contributed by atoms with Crippen LogP contribution in [0.4, 0.5) is 0 Å². The molecule has 0 atom stereocenters. The van der Waals surface area contributed by atoms with E-state index in [1.165, 1.54) is 11.3 Å². The lowest BCUT2D eigenvalue weighted by Crippen LogP contribution is -2.31. The number of nitrogens with one attached hydrogen (secondary N) is 1. The number of benzene rings is 1. The lowest BCUT2D eigenvalue weighted by molar-refractivity contribution is 0.00828. The van der Waals surface area contributed by atoms with Crippen molar-refractivity contribution in [2.24, 2.45) is 0 Å². The van der Waals surface area contributed by atoms with Crippen molar-refractivity contribution in [3.05, 3.63) is 47.2 Å². The van der Waals surface area contributed by atoms with Crippen LogP contribution in [-0.2, 0) is 6.54 Å². The number of hydrogen-bond acceptors (Lipinski definition) is 7. The Balaban J connectivity index is 1.34. The Labute approximate surface area is 166 Å². The number of carbonyl (C=O) groups is 1. The van der Waals surface area contributed by atoms with E-state index in [-0.39, 0.29) is 17.6 Å². The van der Waals surface area contributed by atoms with E-state index in [1.807, 2.05) is 37.3 Å². The highest BCUT2D eigenvalue weighted by molar-refractivity contribution is 7.14. The normalized spacial score (nSPS) is 22.1. The minimum Gasteiger partial charge on any atom is -0.390 e. The summed E-state index contributed by atoms with van der Waals surface area (Å²) in [7, 11) is 0. The maximum atomic E-state index is 12.4. The quantitative estimate of drug-likeness (QED) is 0.684. The second kappa shape index (κ2) is 7.76. The van der Waals surface area contributed by atoms with Gasteiger partial charge in [0.2, 0.25) is 0 Å². The van der Waals surface area contributed by atoms with Crippen molar-refractivity contribution in [2.45, 2.75) is 50.8 Å². The third-order valence-corrected chi connectivity index (χ3v) is 6.01. The summed E-state index contributed by atoms with van der Waals surface area (Å²) < 4.78 is 1.74. The van der Waals surface area contributed by atoms with Crippen LogP contribution in [-0.4, -0.2) is 41.8 Å². The Bertz CT molecular complexity index is 942. The molecule has 0 spiro atoms. The molecular weight excluding hydrogens is 376 g/mol. The molecule has 1 aliphatic carbocycles. The highest BCUT2D eigenvalue weighted by Crippen LogP contribution is 2.34. The van der Waals surface area contributed by atoms with Gasteiger partial charge in [0, 0.05) is 5.56 Å². The average molecular weight is 398 g/mol. The summed E-state index contributed by atoms with van der Waals surface area (Å²) in [4.78, 5) is 12.4. The molecule has 0 bridgehead atoms. The van der Waals surface area contributed by atoms with E-state index in [1.54, 1.807) is 10.9 Å². The SMILES string of the molecule is CC1(O)CCC(n2cc(C(=O)NCc3nnc(-c4ccccc4)s3)nn2)CC1. The molecule has 146 valence electrons. The number of nitrogens with zero attached hydrogens (tertiary/aromatic N) is 5. The lowest BCUT2D eigenvalue weighted by atomic mass is 9.84. The predicted octanol–water partition coefficient (Wildman–Crippen LogP) is 2.59. The highest BCUT2D eigenvalue weighted by Gasteiger charge is 2.30. The summed E-state index contributed by atoms with van der Waals surface area (Å²) in [5, 5.41) is 30.9. The highest BCUT2D eigenvalue weighted by atomic mass is 32.1. The van der Waals surface area contributed by atoms with E-state index in [9.17, 15) is 9.90 Å². The molecule has 1 aliphatic rings. The molecule has 1 aromatic carbocycles. The first-order valence-electron chi connectivity index (χ1n) is 9.30. The Kier molecular flexibility index (Phi) is 5.19. The first kappa shape index (κ1) is 18.7. The molecule has 1 amide bonds. The Hall–Kier alpha value is -2.65. The molecule has 8 nitrogen and oxygen atoms in total. The van der Waals surface area contributed by atoms with Crippen LogP contribution < -0.4 is 5.32 Å². The molecule has 2 heterocycles. The predicted molar refractivity (Wildman–Crippen MR) is 105 cm³/mol. The van der Waals surface area contributed by atoms with E-state index in [4.69, 9.17) is 0 Å². The van der Waals surface area contributed by atoms with Crippen molar-refractivity contribution in [1.82, 2.24) is 30.5 Å². The van der Waals surface area contributed by atoms with Crippen LogP contribution in [0.5, 0.6) is 0 Å². The molecular formula is C19H22N6O2S. The van der Waals surface area contributed by atoms with Crippen LogP contribution >= 0.6 is 11.3 Å². The van der Waals surface area contributed by atoms with Crippen LogP contribution in [0.3, 0.4) is 0 Å². The molecule has 0 aliphatic heterocycles. The summed E-state index contributed by atoms with van der Waals surface area (Å²) >= 11 is 1.45. The van der Waals surface area contributed by atoms with Gasteiger partial charge in [0.25, 0.3) is 5.91 Å². The van der Waals surface area contributed by atoms with E-state index >= 15 is 0 Å². The zero-order chi connectivity index (χ0) is 19.6. The molecule has 2 N–H and O–H groups in total. The largest absolute Gasteiger partial charge is 0.390 e. The van der Waals surface area contributed by atoms with Crippen LogP contribution in [0.2, 0.25) is 0 Å². The summed E-state index contributed by atoms with van der Waals surface area (Å²) in [6, 6.07) is 9.99. The third-order valence-electron chi connectivity index (χ3n) is 5.04. The van der Waals surface area contributed by atoms with Gasteiger partial charge in [0.1, 0.15) is 10.0 Å². The molecule has 1 saturated carbocycles. The Morgan fingerprint density at radius 3 is 2.75 bits per heavy atom. The fraction of sp³-hybridized carbons (Fsp3) is 0.421. The summed E-state index contributed by atoms with van der Waals surface area (Å²) in [6.45, 7) is 2.16. The van der Waals surface area contributed by atoms with E-state index in [2.05, 4.69) is 25.8 Å². The summed E-state index contributed by atoms with van der Waals surface area (Å²) in [5.74, 6) is -0.287. The zero-order valence-corrected chi connectivity index (χ0v) is 16.4. The van der Waals surface area contributed by atoms with Crippen molar-refractivity contribution < 1.29 is 9.90 Å². The minimum absolute atomic E-state index is 0.172. The van der Waals surface area contributed by atoms with Gasteiger partial charge < -0.3 is 10.4 Å². The standard InChI is InChI=1S/C19H22N6O2S/c1-19(27)9-7-14(8-10-19)25-12-15(21-24-25)17(26)20-11-16-22-23-18(28-16)13-5-3-2-4-6-13/h2-6,12,14,27H,7-11H2,1H3,(H,20,26). The molecule has 0 saturated heterocycles. The van der Waals surface area contributed by atoms with Crippen LogP contribution in [0.15, 0.2) is 36.5 Å². The smallest absolute Gasteiger partial charge is 0.273 e. The number of aromatic nitrogens is 5. The monoisotopic (exact) mass is 398 g/mol. The van der Waals surface area contributed by atoms with Gasteiger partial charge in [-0.15, -0.1) is 15.3 Å². The minimum atomic E-state index is -0.600. The Morgan fingerprint density at radius 2 is 2.00 bits per heavy atom. The molecule has 28 heavy (non-hydrogen) atoms. The number of carbonyl (C=O) groups excluding carboxylic acids is 1. The van der Waals surface area contributed by atoms with Gasteiger partial charge in [-0.25, -0.2) is 4.68 Å². The molecule has 9 heteroatoms. The van der Waals surface area contributed by atoms with E-state index < -0.39 is 5.60 Å². The van der Waals surface area contributed by atoms with E-state index in [0.717, 1.165) is 41.3 Å². The first-order chi connectivity index (χ1) is 13.5. The van der Waals surface area contributed by atoms with Crippen LogP contribution in [0.1, 0.15) is 54.1 Å². The molecule has 0 unspecified atom stereocenters. The van der Waals surface area contributed by atoms with Crippen molar-refractivity contribution in [1.29, 1.82) is 0 Å². The zero-order valence-electron chi connectivity index (χ0n) is 15.6. The average Bonchev–Trinajstić information content (AvgIpc) is 3.37. The molecule has 1 fully saturated rings. The summed E-state index contributed by atoms with van der Waals surface area (Å²) in [5.41, 5.74) is 0.689. The maximum Gasteiger partial charge on any atom is 0.273 e. The van der Waals surface area contributed by atoms with Crippen molar-refractivity contribution in [2.75, 3.05) is 0 Å². The third kappa shape index (κ3) is 4.26. The van der Waals surface area contributed by atoms with Crippen LogP contribution in [0.25, 0.3) is 10.6 Å². The van der Waals surface area contributed by atoms with Gasteiger partial charge in [-0.1, -0.05) is 46.9 Å². The number of rotatable bonds is 5. The van der Waals surface area contributed by atoms with E-state index in [0.29, 0.717) is 6.54 Å². The topological polar surface area (TPSA) is 106 Å². The molecule has 2 aromatic heterocycles. The number of amides is 1. The first-order valence-corrected chi connectivity index (χ1v) is 10.1. The fourth-order valence-corrected chi connectivity index (χ4v) is 4.10. The Morgan fingerprint density at radius 1 is 1.25 bits per heavy atom. The van der Waals surface area contributed by atoms with Crippen molar-refractivity contribution in [3.63, 3.8) is 0 Å². The summed E-state index contributed by atoms with van der Waals surface area (Å²) in [6.07, 6.45) is 4.77. The van der Waals surface area contributed by atoms with Gasteiger partial charge in [-0.3, -0.25) is 4.79 Å². The van der Waals surface area contributed by atoms with Crippen molar-refractivity contribution >= 4 is 17.2 Å². The second-order valence-electron chi connectivity index (χ2n) is 7.36. The second-order valence-corrected chi connectivity index (χ2v) is 8.42. The number of hydrogen-bond donors (Lipinski definition) is 2. The molecule has 3 aromatic rings. The van der Waals surface area contributed by atoms with Gasteiger partial charge in [0.05, 0.1) is 24.4 Å². The fourth-order valence-electron chi connectivity index (χ4n) is 3.32. The van der Waals surface area contributed by atoms with Gasteiger partial charge >= 0.3 is 0 Å². The van der Waals surface area contributed by atoms with Crippen LogP contribution in [0, 0.1) is 0 Å². The van der Waals surface area contributed by atoms with Gasteiger partial charge in [0.15, 0.2) is 5.69 Å². The van der Waals surface area contributed by atoms with Gasteiger partial charge in [-0.2, -0.15) is 0 Å². The molecule has 4 rings (SSSR count). The number of aliphatic hydroxyl groups is 1. The maximum absolute atomic E-state index is 12.4. The lowest BCUT2D eigenvalue weighted by Gasteiger charge is -2.32. The van der Waals surface area contributed by atoms with Crippen molar-refractivity contribution in [3.8, 4) is 10.6 Å². The van der Waals surface area contributed by atoms with Gasteiger partial charge in [-0.05, 0) is 32.6 Å². The molecule has 0 radical (unpaired) electrons.